The Morgan fingerprint density at radius 1 is 1.31 bits per heavy atom. The average molecular weight is 361 g/mol. The number of rotatable bonds is 8. The molecule has 0 aliphatic heterocycles. The zero-order chi connectivity index (χ0) is 19.7. The van der Waals surface area contributed by atoms with Crippen LogP contribution >= 0.6 is 0 Å². The number of benzene rings is 1. The molecule has 0 aromatic heterocycles. The first-order valence-corrected chi connectivity index (χ1v) is 8.02. The fraction of sp³-hybridized carbons (Fsp3) is 0.444. The summed E-state index contributed by atoms with van der Waals surface area (Å²) in [6.45, 7) is 4.26. The molecule has 2 amide bonds. The molecule has 0 aliphatic rings. The van der Waals surface area contributed by atoms with Gasteiger partial charge < -0.3 is 20.1 Å². The Morgan fingerprint density at radius 2 is 2.00 bits per heavy atom. The van der Waals surface area contributed by atoms with Crippen molar-refractivity contribution in [3.8, 4) is 11.8 Å². The number of methoxy groups -OCH3 is 1. The van der Waals surface area contributed by atoms with E-state index in [9.17, 15) is 14.4 Å². The number of nitrogens with one attached hydrogen (secondary N) is 2. The van der Waals surface area contributed by atoms with E-state index >= 15 is 0 Å². The van der Waals surface area contributed by atoms with Crippen LogP contribution in [0.5, 0.6) is 5.75 Å². The molecule has 0 heterocycles. The number of nitriles is 1. The Morgan fingerprint density at radius 3 is 2.58 bits per heavy atom. The quantitative estimate of drug-likeness (QED) is 0.668. The summed E-state index contributed by atoms with van der Waals surface area (Å²) < 4.78 is 9.83. The van der Waals surface area contributed by atoms with Gasteiger partial charge in [-0.1, -0.05) is 19.9 Å². The van der Waals surface area contributed by atoms with Crippen molar-refractivity contribution in [2.75, 3.05) is 20.3 Å². The molecule has 1 aromatic rings. The molecule has 2 N–H and O–H groups in total. The summed E-state index contributed by atoms with van der Waals surface area (Å²) in [5, 5.41) is 14.1. The third-order valence-electron chi connectivity index (χ3n) is 3.88. The van der Waals surface area contributed by atoms with Crippen LogP contribution in [0.25, 0.3) is 0 Å². The van der Waals surface area contributed by atoms with Gasteiger partial charge in [-0.25, -0.2) is 0 Å². The van der Waals surface area contributed by atoms with E-state index in [1.54, 1.807) is 39.0 Å². The maximum atomic E-state index is 12.0. The Labute approximate surface area is 152 Å². The highest BCUT2D eigenvalue weighted by atomic mass is 16.5. The first-order valence-electron chi connectivity index (χ1n) is 8.02. The minimum Gasteiger partial charge on any atom is -0.497 e. The predicted octanol–water partition coefficient (Wildman–Crippen LogP) is 1.02. The van der Waals surface area contributed by atoms with Crippen molar-refractivity contribution in [3.05, 3.63) is 29.8 Å². The van der Waals surface area contributed by atoms with Crippen LogP contribution in [0.4, 0.5) is 0 Å². The minimum atomic E-state index is -1.05. The third kappa shape index (κ3) is 6.09. The van der Waals surface area contributed by atoms with Crippen molar-refractivity contribution < 1.29 is 23.9 Å². The van der Waals surface area contributed by atoms with Gasteiger partial charge in [0.1, 0.15) is 17.8 Å². The van der Waals surface area contributed by atoms with E-state index in [1.807, 2.05) is 6.07 Å². The van der Waals surface area contributed by atoms with Gasteiger partial charge >= 0.3 is 5.97 Å². The molecule has 0 saturated carbocycles. The molecule has 1 unspecified atom stereocenters. The van der Waals surface area contributed by atoms with E-state index in [0.717, 1.165) is 0 Å². The maximum Gasteiger partial charge on any atom is 0.325 e. The topological polar surface area (TPSA) is 118 Å². The molecule has 26 heavy (non-hydrogen) atoms. The lowest BCUT2D eigenvalue weighted by Crippen LogP contribution is -2.50. The standard InChI is InChI=1S/C18H23N3O5/c1-12(2)18(3,11-19)21-15(22)10-26-16(23)9-20-17(24)13-6-5-7-14(8-13)25-4/h5-8,12H,9-10H2,1-4H3,(H,20,24)(H,21,22). The summed E-state index contributed by atoms with van der Waals surface area (Å²) in [7, 11) is 1.48. The van der Waals surface area contributed by atoms with Crippen LogP contribution in [0.1, 0.15) is 31.1 Å². The molecule has 0 bridgehead atoms. The van der Waals surface area contributed by atoms with Gasteiger partial charge in [-0.05, 0) is 31.0 Å². The number of carbonyl (C=O) groups is 3. The largest absolute Gasteiger partial charge is 0.497 e. The van der Waals surface area contributed by atoms with Gasteiger partial charge in [0, 0.05) is 5.56 Å². The Hall–Kier alpha value is -3.08. The van der Waals surface area contributed by atoms with E-state index < -0.39 is 29.9 Å². The molecule has 8 heteroatoms. The molecule has 0 aliphatic carbocycles. The molecule has 0 spiro atoms. The smallest absolute Gasteiger partial charge is 0.325 e. The summed E-state index contributed by atoms with van der Waals surface area (Å²) in [6, 6.07) is 8.47. The Bertz CT molecular complexity index is 711. The maximum absolute atomic E-state index is 12.0. The fourth-order valence-corrected chi connectivity index (χ4v) is 1.84. The summed E-state index contributed by atoms with van der Waals surface area (Å²) in [4.78, 5) is 35.5. The number of amides is 2. The zero-order valence-electron chi connectivity index (χ0n) is 15.3. The zero-order valence-corrected chi connectivity index (χ0v) is 15.3. The highest BCUT2D eigenvalue weighted by Gasteiger charge is 2.30. The molecule has 0 fully saturated rings. The van der Waals surface area contributed by atoms with Gasteiger partial charge in [-0.2, -0.15) is 5.26 Å². The summed E-state index contributed by atoms with van der Waals surface area (Å²) in [5.41, 5.74) is -0.721. The monoisotopic (exact) mass is 361 g/mol. The third-order valence-corrected chi connectivity index (χ3v) is 3.88. The van der Waals surface area contributed by atoms with Crippen LogP contribution < -0.4 is 15.4 Å². The van der Waals surface area contributed by atoms with Gasteiger partial charge in [-0.3, -0.25) is 14.4 Å². The lowest BCUT2D eigenvalue weighted by atomic mass is 9.90. The fourth-order valence-electron chi connectivity index (χ4n) is 1.84. The molecular formula is C18H23N3O5. The van der Waals surface area contributed by atoms with Crippen molar-refractivity contribution in [2.45, 2.75) is 26.3 Å². The number of ether oxygens (including phenoxy) is 2. The first kappa shape index (κ1) is 21.0. The van der Waals surface area contributed by atoms with E-state index in [2.05, 4.69) is 10.6 Å². The molecule has 8 nitrogen and oxygen atoms in total. The Balaban J connectivity index is 2.44. The molecule has 0 saturated heterocycles. The molecule has 1 atom stereocenters. The van der Waals surface area contributed by atoms with Crippen LogP contribution in [0.15, 0.2) is 24.3 Å². The highest BCUT2D eigenvalue weighted by molar-refractivity contribution is 5.96. The second-order valence-corrected chi connectivity index (χ2v) is 6.09. The van der Waals surface area contributed by atoms with Crippen molar-refractivity contribution in [2.24, 2.45) is 5.92 Å². The van der Waals surface area contributed by atoms with E-state index in [1.165, 1.54) is 13.2 Å². The van der Waals surface area contributed by atoms with Crippen molar-refractivity contribution in [1.82, 2.24) is 10.6 Å². The second-order valence-electron chi connectivity index (χ2n) is 6.09. The van der Waals surface area contributed by atoms with Gasteiger partial charge in [0.05, 0.1) is 13.2 Å². The second kappa shape index (κ2) is 9.42. The van der Waals surface area contributed by atoms with Gasteiger partial charge in [0.2, 0.25) is 0 Å². The highest BCUT2D eigenvalue weighted by Crippen LogP contribution is 2.15. The van der Waals surface area contributed by atoms with Crippen molar-refractivity contribution >= 4 is 17.8 Å². The molecule has 0 radical (unpaired) electrons. The molecular weight excluding hydrogens is 338 g/mol. The lowest BCUT2D eigenvalue weighted by molar-refractivity contribution is -0.147. The van der Waals surface area contributed by atoms with Crippen LogP contribution in [-0.2, 0) is 14.3 Å². The van der Waals surface area contributed by atoms with Crippen molar-refractivity contribution in [1.29, 1.82) is 5.26 Å². The lowest BCUT2D eigenvalue weighted by Gasteiger charge is -2.27. The SMILES string of the molecule is COc1cccc(C(=O)NCC(=O)OCC(=O)NC(C)(C#N)C(C)C)c1. The number of hydrogen-bond acceptors (Lipinski definition) is 6. The summed E-state index contributed by atoms with van der Waals surface area (Å²) in [6.07, 6.45) is 0. The van der Waals surface area contributed by atoms with Crippen LogP contribution in [0, 0.1) is 17.2 Å². The molecule has 1 rings (SSSR count). The normalized spacial score (nSPS) is 12.5. The Kier molecular flexibility index (Phi) is 7.59. The van der Waals surface area contributed by atoms with E-state index in [-0.39, 0.29) is 12.5 Å². The number of hydrogen-bond donors (Lipinski definition) is 2. The van der Waals surface area contributed by atoms with Crippen LogP contribution in [0.3, 0.4) is 0 Å². The van der Waals surface area contributed by atoms with E-state index in [4.69, 9.17) is 14.7 Å². The number of carbonyl (C=O) groups excluding carboxylic acids is 3. The number of nitrogens with zero attached hydrogens (tertiary/aromatic N) is 1. The van der Waals surface area contributed by atoms with Crippen LogP contribution in [-0.4, -0.2) is 43.6 Å². The van der Waals surface area contributed by atoms with E-state index in [0.29, 0.717) is 11.3 Å². The summed E-state index contributed by atoms with van der Waals surface area (Å²) in [5.74, 6) is -1.42. The molecule has 1 aromatic carbocycles. The van der Waals surface area contributed by atoms with Gasteiger partial charge in [0.25, 0.3) is 11.8 Å². The van der Waals surface area contributed by atoms with Crippen molar-refractivity contribution in [3.63, 3.8) is 0 Å². The molecule has 140 valence electrons. The van der Waals surface area contributed by atoms with Crippen LogP contribution in [0.2, 0.25) is 0 Å². The number of esters is 1. The summed E-state index contributed by atoms with van der Waals surface area (Å²) >= 11 is 0. The predicted molar refractivity (Wildman–Crippen MR) is 93.3 cm³/mol. The minimum absolute atomic E-state index is 0.116. The van der Waals surface area contributed by atoms with Gasteiger partial charge in [0.15, 0.2) is 6.61 Å². The average Bonchev–Trinajstić information content (AvgIpc) is 2.64. The van der Waals surface area contributed by atoms with Gasteiger partial charge in [-0.15, -0.1) is 0 Å². The first-order chi connectivity index (χ1) is 12.2.